The third-order valence-electron chi connectivity index (χ3n) is 2.63. The van der Waals surface area contributed by atoms with E-state index in [9.17, 15) is 0 Å². The molecular weight excluding hydrogens is 262 g/mol. The second-order valence-electron chi connectivity index (χ2n) is 4.43. The molecule has 0 saturated carbocycles. The monoisotopic (exact) mass is 291 g/mol. The summed E-state index contributed by atoms with van der Waals surface area (Å²) in [5.74, 6) is 0. The summed E-state index contributed by atoms with van der Waals surface area (Å²) in [4.78, 5) is 3.23. The Bertz CT molecular complexity index is 530. The Balaban J connectivity index is 0.000000713. The van der Waals surface area contributed by atoms with Crippen molar-refractivity contribution in [1.29, 1.82) is 0 Å². The Hall–Kier alpha value is -2.01. The number of rotatable bonds is 3. The highest BCUT2D eigenvalue weighted by Crippen LogP contribution is 2.19. The number of nitrogens with zero attached hydrogens (tertiary/aromatic N) is 2. The zero-order chi connectivity index (χ0) is 16.3. The van der Waals surface area contributed by atoms with E-state index >= 15 is 0 Å². The number of hydrazone groups is 1. The summed E-state index contributed by atoms with van der Waals surface area (Å²) in [6.45, 7) is 6.86. The van der Waals surface area contributed by atoms with Crippen molar-refractivity contribution < 1.29 is 0 Å². The van der Waals surface area contributed by atoms with Crippen LogP contribution in [-0.4, -0.2) is 37.5 Å². The van der Waals surface area contributed by atoms with Gasteiger partial charge in [-0.15, -0.1) is 0 Å². The first-order valence-corrected chi connectivity index (χ1v) is 7.22. The molecule has 5 heteroatoms. The summed E-state index contributed by atoms with van der Waals surface area (Å²) in [6, 6.07) is 6.38. The van der Waals surface area contributed by atoms with Gasteiger partial charge in [0.05, 0.1) is 6.54 Å². The molecule has 0 aliphatic rings. The highest BCUT2D eigenvalue weighted by atomic mass is 15.4. The number of hydrogen-bond donors (Lipinski definition) is 3. The quantitative estimate of drug-likeness (QED) is 0.462. The molecule has 0 aliphatic carbocycles. The summed E-state index contributed by atoms with van der Waals surface area (Å²) >= 11 is 0. The van der Waals surface area contributed by atoms with E-state index in [-0.39, 0.29) is 0 Å². The average molecular weight is 291 g/mol. The first-order valence-electron chi connectivity index (χ1n) is 7.22. The van der Waals surface area contributed by atoms with Crippen molar-refractivity contribution in [3.8, 4) is 0 Å². The fraction of sp³-hybridized carbons (Fsp3) is 0.438. The first kappa shape index (κ1) is 19.0. The molecule has 21 heavy (non-hydrogen) atoms. The van der Waals surface area contributed by atoms with Gasteiger partial charge in [0, 0.05) is 24.1 Å². The van der Waals surface area contributed by atoms with E-state index in [2.05, 4.69) is 40.5 Å². The van der Waals surface area contributed by atoms with Crippen molar-refractivity contribution in [3.05, 3.63) is 35.5 Å². The van der Waals surface area contributed by atoms with Crippen LogP contribution in [0.2, 0.25) is 0 Å². The molecule has 0 unspecified atom stereocenters. The Morgan fingerprint density at radius 2 is 1.95 bits per heavy atom. The SMILES string of the molecule is CC.CNC.Cc1c[nH]c2ccc(CN(C)/N=C\N)cc12. The van der Waals surface area contributed by atoms with Gasteiger partial charge in [-0.2, -0.15) is 5.10 Å². The van der Waals surface area contributed by atoms with Crippen molar-refractivity contribution >= 4 is 17.2 Å². The maximum atomic E-state index is 5.24. The second-order valence-corrected chi connectivity index (χ2v) is 4.43. The van der Waals surface area contributed by atoms with Gasteiger partial charge in [-0.05, 0) is 44.3 Å². The fourth-order valence-electron chi connectivity index (χ4n) is 1.82. The van der Waals surface area contributed by atoms with Crippen LogP contribution in [0.4, 0.5) is 0 Å². The third-order valence-corrected chi connectivity index (χ3v) is 2.63. The van der Waals surface area contributed by atoms with Crippen molar-refractivity contribution in [2.24, 2.45) is 10.8 Å². The van der Waals surface area contributed by atoms with E-state index in [0.29, 0.717) is 0 Å². The van der Waals surface area contributed by atoms with Crippen LogP contribution in [0, 0.1) is 6.92 Å². The molecular formula is C16H29N5. The number of fused-ring (bicyclic) bond motifs is 1. The number of aryl methyl sites for hydroxylation is 1. The van der Waals surface area contributed by atoms with Crippen LogP contribution >= 0.6 is 0 Å². The van der Waals surface area contributed by atoms with Crippen LogP contribution in [0.15, 0.2) is 29.5 Å². The number of hydrogen-bond acceptors (Lipinski definition) is 3. The Labute approximate surface area is 128 Å². The summed E-state index contributed by atoms with van der Waals surface area (Å²) in [5.41, 5.74) is 8.91. The van der Waals surface area contributed by atoms with Gasteiger partial charge in [0.15, 0.2) is 0 Å². The molecule has 4 N–H and O–H groups in total. The Morgan fingerprint density at radius 1 is 1.33 bits per heavy atom. The summed E-state index contributed by atoms with van der Waals surface area (Å²) in [6.07, 6.45) is 3.33. The van der Waals surface area contributed by atoms with Crippen LogP contribution in [0.25, 0.3) is 10.9 Å². The Morgan fingerprint density at radius 3 is 2.52 bits per heavy atom. The van der Waals surface area contributed by atoms with Crippen LogP contribution in [0.1, 0.15) is 25.0 Å². The number of benzene rings is 1. The zero-order valence-corrected chi connectivity index (χ0v) is 14.1. The minimum atomic E-state index is 0.758. The Kier molecular flexibility index (Phi) is 9.71. The molecule has 0 fully saturated rings. The molecule has 0 saturated heterocycles. The molecule has 5 nitrogen and oxygen atoms in total. The van der Waals surface area contributed by atoms with Crippen LogP contribution in [0.3, 0.4) is 0 Å². The molecule has 1 aromatic carbocycles. The van der Waals surface area contributed by atoms with E-state index in [1.54, 1.807) is 0 Å². The van der Waals surface area contributed by atoms with Crippen molar-refractivity contribution in [2.75, 3.05) is 21.1 Å². The number of H-pyrrole nitrogens is 1. The van der Waals surface area contributed by atoms with Gasteiger partial charge in [-0.3, -0.25) is 5.01 Å². The largest absolute Gasteiger partial charge is 0.388 e. The fourth-order valence-corrected chi connectivity index (χ4v) is 1.82. The molecule has 1 aromatic heterocycles. The lowest BCUT2D eigenvalue weighted by atomic mass is 10.1. The molecule has 1 heterocycles. The van der Waals surface area contributed by atoms with E-state index in [4.69, 9.17) is 5.73 Å². The minimum Gasteiger partial charge on any atom is -0.388 e. The molecule has 0 radical (unpaired) electrons. The number of aromatic nitrogens is 1. The van der Waals surface area contributed by atoms with Crippen LogP contribution < -0.4 is 11.1 Å². The van der Waals surface area contributed by atoms with Crippen LogP contribution in [-0.2, 0) is 6.54 Å². The minimum absolute atomic E-state index is 0.758. The molecule has 0 aliphatic heterocycles. The summed E-state index contributed by atoms with van der Waals surface area (Å²) < 4.78 is 0. The number of nitrogens with two attached hydrogens (primary N) is 1. The highest BCUT2D eigenvalue weighted by Gasteiger charge is 2.02. The van der Waals surface area contributed by atoms with Crippen molar-refractivity contribution in [2.45, 2.75) is 27.3 Å². The first-order chi connectivity index (χ1) is 10.1. The van der Waals surface area contributed by atoms with Gasteiger partial charge >= 0.3 is 0 Å². The number of aromatic amines is 1. The average Bonchev–Trinajstić information content (AvgIpc) is 2.84. The van der Waals surface area contributed by atoms with Crippen molar-refractivity contribution in [3.63, 3.8) is 0 Å². The second kappa shape index (κ2) is 10.7. The molecule has 0 bridgehead atoms. The van der Waals surface area contributed by atoms with E-state index < -0.39 is 0 Å². The van der Waals surface area contributed by atoms with E-state index in [0.717, 1.165) is 6.54 Å². The van der Waals surface area contributed by atoms with E-state index in [1.165, 1.54) is 28.4 Å². The highest BCUT2D eigenvalue weighted by molar-refractivity contribution is 5.83. The van der Waals surface area contributed by atoms with Gasteiger partial charge in [0.1, 0.15) is 6.34 Å². The molecule has 0 spiro atoms. The normalized spacial score (nSPS) is 9.81. The third kappa shape index (κ3) is 6.31. The predicted molar refractivity (Wildman–Crippen MR) is 93.5 cm³/mol. The molecule has 2 aromatic rings. The topological polar surface area (TPSA) is 69.4 Å². The van der Waals surface area contributed by atoms with Gasteiger partial charge in [-0.1, -0.05) is 19.9 Å². The standard InChI is InChI=1S/C12H16N4.C2H7N.C2H6/c1-9-6-14-12-4-3-10(5-11(9)12)7-16(2)15-8-13;1-3-2;1-2/h3-6,8,14H,7H2,1-2H3,(H2,13,15);3H,1-2H3;1-2H3. The zero-order valence-electron chi connectivity index (χ0n) is 14.1. The maximum Gasteiger partial charge on any atom is 0.106 e. The lowest BCUT2D eigenvalue weighted by Gasteiger charge is -2.12. The van der Waals surface area contributed by atoms with Gasteiger partial charge in [0.2, 0.25) is 0 Å². The predicted octanol–water partition coefficient (Wildman–Crippen LogP) is 2.67. The van der Waals surface area contributed by atoms with Gasteiger partial charge in [0.25, 0.3) is 0 Å². The molecule has 0 amide bonds. The molecule has 118 valence electrons. The molecule has 2 rings (SSSR count). The van der Waals surface area contributed by atoms with E-state index in [1.807, 2.05) is 46.2 Å². The lowest BCUT2D eigenvalue weighted by molar-refractivity contribution is 0.348. The van der Waals surface area contributed by atoms with Gasteiger partial charge < -0.3 is 16.0 Å². The summed E-state index contributed by atoms with van der Waals surface area (Å²) in [7, 11) is 5.65. The lowest BCUT2D eigenvalue weighted by Crippen LogP contribution is -2.12. The maximum absolute atomic E-state index is 5.24. The number of nitrogens with one attached hydrogen (secondary N) is 2. The molecule has 0 atom stereocenters. The van der Waals surface area contributed by atoms with Gasteiger partial charge in [-0.25, -0.2) is 0 Å². The smallest absolute Gasteiger partial charge is 0.106 e. The summed E-state index contributed by atoms with van der Waals surface area (Å²) in [5, 5.41) is 9.81. The van der Waals surface area contributed by atoms with Crippen LogP contribution in [0.5, 0.6) is 0 Å². The van der Waals surface area contributed by atoms with Crippen molar-refractivity contribution in [1.82, 2.24) is 15.3 Å².